The molecule has 0 radical (unpaired) electrons. The number of aromatic hydroxyl groups is 1. The molecule has 0 spiro atoms. The van der Waals surface area contributed by atoms with Gasteiger partial charge in [0.2, 0.25) is 5.12 Å². The lowest BCUT2D eigenvalue weighted by atomic mass is 10.2. The predicted octanol–water partition coefficient (Wildman–Crippen LogP) is 2.55. The summed E-state index contributed by atoms with van der Waals surface area (Å²) in [5.74, 6) is -0.0677. The molecule has 0 heterocycles. The van der Waals surface area contributed by atoms with E-state index in [0.717, 1.165) is 11.8 Å². The van der Waals surface area contributed by atoms with Gasteiger partial charge in [-0.1, -0.05) is 23.4 Å². The Hall–Kier alpha value is -0.670. The molecule has 2 nitrogen and oxygen atoms in total. The van der Waals surface area contributed by atoms with Crippen molar-refractivity contribution in [1.29, 1.82) is 0 Å². The van der Waals surface area contributed by atoms with Crippen LogP contribution in [0.3, 0.4) is 0 Å². The first-order valence-corrected chi connectivity index (χ1v) is 4.82. The third-order valence-corrected chi connectivity index (χ3v) is 2.19. The highest BCUT2D eigenvalue weighted by Gasteiger charge is 2.09. The van der Waals surface area contributed by atoms with Gasteiger partial charge in [0.25, 0.3) is 0 Å². The maximum absolute atomic E-state index is 11.1. The summed E-state index contributed by atoms with van der Waals surface area (Å²) in [7, 11) is 0. The predicted molar refractivity (Wildman–Crippen MR) is 51.0 cm³/mol. The van der Waals surface area contributed by atoms with Crippen molar-refractivity contribution < 1.29 is 9.90 Å². The number of thioether (sulfide) groups is 1. The van der Waals surface area contributed by atoms with Gasteiger partial charge in [0.15, 0.2) is 0 Å². The lowest BCUT2D eigenvalue weighted by molar-refractivity contribution is 0.108. The molecule has 64 valence electrons. The summed E-state index contributed by atoms with van der Waals surface area (Å²) in [6.07, 6.45) is 1.66. The summed E-state index contributed by atoms with van der Waals surface area (Å²) in [6.45, 7) is 0. The number of hydrogen-bond acceptors (Lipinski definition) is 3. The van der Waals surface area contributed by atoms with Gasteiger partial charge in [0.05, 0.1) is 5.56 Å². The number of phenols is 1. The van der Waals surface area contributed by atoms with Crippen molar-refractivity contribution in [2.45, 2.75) is 0 Å². The van der Waals surface area contributed by atoms with Crippen molar-refractivity contribution >= 4 is 28.5 Å². The van der Waals surface area contributed by atoms with E-state index >= 15 is 0 Å². The highest BCUT2D eigenvalue weighted by molar-refractivity contribution is 8.13. The van der Waals surface area contributed by atoms with E-state index in [9.17, 15) is 9.90 Å². The zero-order valence-electron chi connectivity index (χ0n) is 6.37. The fraction of sp³-hybridized carbons (Fsp3) is 0.125. The van der Waals surface area contributed by atoms with Gasteiger partial charge in [-0.2, -0.15) is 0 Å². The van der Waals surface area contributed by atoms with Crippen LogP contribution in [0.4, 0.5) is 0 Å². The lowest BCUT2D eigenvalue weighted by Crippen LogP contribution is -1.91. The Morgan fingerprint density at radius 3 is 2.75 bits per heavy atom. The van der Waals surface area contributed by atoms with Crippen LogP contribution in [-0.2, 0) is 0 Å². The first-order chi connectivity index (χ1) is 5.65. The standard InChI is InChI=1S/C8H7ClO2S/c1-12-8(11)6-3-2-5(9)4-7(6)10/h2-4,10H,1H3. The minimum absolute atomic E-state index is 0.0677. The highest BCUT2D eigenvalue weighted by Crippen LogP contribution is 2.24. The molecule has 0 aliphatic rings. The topological polar surface area (TPSA) is 37.3 Å². The Kier molecular flexibility index (Phi) is 3.00. The minimum atomic E-state index is -0.163. The Morgan fingerprint density at radius 1 is 1.58 bits per heavy atom. The van der Waals surface area contributed by atoms with E-state index in [0.29, 0.717) is 10.6 Å². The Morgan fingerprint density at radius 2 is 2.25 bits per heavy atom. The zero-order chi connectivity index (χ0) is 9.14. The Balaban J connectivity index is 3.09. The molecule has 0 saturated carbocycles. The summed E-state index contributed by atoms with van der Waals surface area (Å²) in [5, 5.41) is 9.53. The molecule has 0 aliphatic heterocycles. The average Bonchev–Trinajstić information content (AvgIpc) is 2.03. The van der Waals surface area contributed by atoms with Crippen molar-refractivity contribution in [3.05, 3.63) is 28.8 Å². The van der Waals surface area contributed by atoms with Crippen LogP contribution >= 0.6 is 23.4 Å². The molecule has 0 bridgehead atoms. The number of benzene rings is 1. The maximum atomic E-state index is 11.1. The molecule has 0 amide bonds. The fourth-order valence-corrected chi connectivity index (χ4v) is 1.35. The van der Waals surface area contributed by atoms with Gasteiger partial charge >= 0.3 is 0 Å². The van der Waals surface area contributed by atoms with Crippen LogP contribution < -0.4 is 0 Å². The van der Waals surface area contributed by atoms with E-state index in [1.54, 1.807) is 12.3 Å². The van der Waals surface area contributed by atoms with E-state index in [2.05, 4.69) is 0 Å². The van der Waals surface area contributed by atoms with Crippen LogP contribution in [0.5, 0.6) is 5.75 Å². The van der Waals surface area contributed by atoms with Crippen molar-refractivity contribution in [3.63, 3.8) is 0 Å². The second-order valence-electron chi connectivity index (χ2n) is 2.15. The summed E-state index contributed by atoms with van der Waals surface area (Å²) >= 11 is 6.64. The van der Waals surface area contributed by atoms with Crippen LogP contribution in [0.25, 0.3) is 0 Å². The molecular formula is C8H7ClO2S. The first kappa shape index (κ1) is 9.42. The van der Waals surface area contributed by atoms with E-state index in [1.165, 1.54) is 12.1 Å². The molecule has 0 aliphatic carbocycles. The molecular weight excluding hydrogens is 196 g/mol. The zero-order valence-corrected chi connectivity index (χ0v) is 7.95. The van der Waals surface area contributed by atoms with Crippen LogP contribution in [0.2, 0.25) is 5.02 Å². The molecule has 0 atom stereocenters. The molecule has 4 heteroatoms. The van der Waals surface area contributed by atoms with Crippen LogP contribution in [0.1, 0.15) is 10.4 Å². The molecule has 0 unspecified atom stereocenters. The number of hydrogen-bond donors (Lipinski definition) is 1. The monoisotopic (exact) mass is 202 g/mol. The van der Waals surface area contributed by atoms with E-state index in [1.807, 2.05) is 0 Å². The Bertz CT molecular complexity index is 312. The van der Waals surface area contributed by atoms with E-state index in [4.69, 9.17) is 11.6 Å². The molecule has 1 rings (SSSR count). The van der Waals surface area contributed by atoms with Gasteiger partial charge in [-0.3, -0.25) is 4.79 Å². The fourth-order valence-electron chi connectivity index (χ4n) is 0.787. The number of carbonyl (C=O) groups excluding carboxylic acids is 1. The summed E-state index contributed by atoms with van der Waals surface area (Å²) in [6, 6.07) is 4.44. The second-order valence-corrected chi connectivity index (χ2v) is 3.37. The van der Waals surface area contributed by atoms with Gasteiger partial charge in [-0.25, -0.2) is 0 Å². The van der Waals surface area contributed by atoms with Gasteiger partial charge in [0, 0.05) is 5.02 Å². The summed E-state index contributed by atoms with van der Waals surface area (Å²) in [5.41, 5.74) is 0.298. The Labute approximate surface area is 79.5 Å². The first-order valence-electron chi connectivity index (χ1n) is 3.22. The summed E-state index contributed by atoms with van der Waals surface area (Å²) in [4.78, 5) is 11.1. The molecule has 1 aromatic rings. The van der Waals surface area contributed by atoms with E-state index in [-0.39, 0.29) is 10.9 Å². The number of rotatable bonds is 1. The van der Waals surface area contributed by atoms with Gasteiger partial charge in [0.1, 0.15) is 5.75 Å². The minimum Gasteiger partial charge on any atom is -0.507 e. The lowest BCUT2D eigenvalue weighted by Gasteiger charge is -2.00. The molecule has 0 aromatic heterocycles. The number of carbonyl (C=O) groups is 1. The van der Waals surface area contributed by atoms with Crippen LogP contribution in [0.15, 0.2) is 18.2 Å². The molecule has 0 saturated heterocycles. The van der Waals surface area contributed by atoms with Crippen LogP contribution in [0, 0.1) is 0 Å². The average molecular weight is 203 g/mol. The third kappa shape index (κ3) is 1.93. The van der Waals surface area contributed by atoms with Crippen molar-refractivity contribution in [2.24, 2.45) is 0 Å². The smallest absolute Gasteiger partial charge is 0.222 e. The maximum Gasteiger partial charge on any atom is 0.222 e. The summed E-state index contributed by atoms with van der Waals surface area (Å²) < 4.78 is 0. The van der Waals surface area contributed by atoms with Crippen LogP contribution in [-0.4, -0.2) is 16.5 Å². The molecule has 1 N–H and O–H groups in total. The molecule has 1 aromatic carbocycles. The van der Waals surface area contributed by atoms with Gasteiger partial charge < -0.3 is 5.11 Å². The largest absolute Gasteiger partial charge is 0.507 e. The highest BCUT2D eigenvalue weighted by atomic mass is 35.5. The van der Waals surface area contributed by atoms with Crippen molar-refractivity contribution in [1.82, 2.24) is 0 Å². The second kappa shape index (κ2) is 3.83. The van der Waals surface area contributed by atoms with Gasteiger partial charge in [-0.15, -0.1) is 0 Å². The SMILES string of the molecule is CSC(=O)c1ccc(Cl)cc1O. The van der Waals surface area contributed by atoms with Gasteiger partial charge in [-0.05, 0) is 24.5 Å². The number of halogens is 1. The molecule has 0 fully saturated rings. The van der Waals surface area contributed by atoms with Crippen molar-refractivity contribution in [3.8, 4) is 5.75 Å². The molecule has 12 heavy (non-hydrogen) atoms. The quantitative estimate of drug-likeness (QED) is 0.761. The van der Waals surface area contributed by atoms with E-state index < -0.39 is 0 Å². The van der Waals surface area contributed by atoms with Crippen molar-refractivity contribution in [2.75, 3.05) is 6.26 Å². The normalized spacial score (nSPS) is 9.83. The third-order valence-electron chi connectivity index (χ3n) is 1.37. The number of phenolic OH excluding ortho intramolecular Hbond substituents is 1.